The molecular formula is C24H22Cl2N4O3. The molecule has 0 saturated carbocycles. The third kappa shape index (κ3) is 5.16. The third-order valence-electron chi connectivity index (χ3n) is 5.14. The predicted octanol–water partition coefficient (Wildman–Crippen LogP) is 4.74. The molecule has 170 valence electrons. The fraction of sp³-hybridized carbons (Fsp3) is 0.167. The standard InChI is InChI=1S/C24H22Cl2N4O3/c1-29(2)18-8-3-15(4-9-18)23-27-21-12-7-17(26)13-20(21)24(32)30(23)28-22(31)14-33-19-10-5-16(25)6-11-19/h3-13,23,27H,14H2,1-2H3,(H,28,31). The van der Waals surface area contributed by atoms with E-state index in [9.17, 15) is 9.59 Å². The molecule has 2 amide bonds. The van der Waals surface area contributed by atoms with Gasteiger partial charge < -0.3 is 15.0 Å². The maximum atomic E-state index is 13.3. The van der Waals surface area contributed by atoms with Crippen molar-refractivity contribution in [3.8, 4) is 5.75 Å². The van der Waals surface area contributed by atoms with Gasteiger partial charge >= 0.3 is 0 Å². The molecule has 7 nitrogen and oxygen atoms in total. The Morgan fingerprint density at radius 3 is 2.36 bits per heavy atom. The zero-order valence-corrected chi connectivity index (χ0v) is 19.5. The molecule has 4 rings (SSSR count). The van der Waals surface area contributed by atoms with Crippen LogP contribution < -0.4 is 20.4 Å². The first kappa shape index (κ1) is 22.8. The van der Waals surface area contributed by atoms with Gasteiger partial charge in [-0.05, 0) is 60.2 Å². The lowest BCUT2D eigenvalue weighted by Gasteiger charge is -2.38. The van der Waals surface area contributed by atoms with Crippen molar-refractivity contribution in [1.82, 2.24) is 10.4 Å². The molecule has 1 unspecified atom stereocenters. The second kappa shape index (κ2) is 9.60. The molecule has 3 aromatic carbocycles. The number of nitrogens with zero attached hydrogens (tertiary/aromatic N) is 2. The zero-order valence-electron chi connectivity index (χ0n) is 18.0. The van der Waals surface area contributed by atoms with E-state index >= 15 is 0 Å². The summed E-state index contributed by atoms with van der Waals surface area (Å²) in [5, 5.41) is 5.57. The summed E-state index contributed by atoms with van der Waals surface area (Å²) >= 11 is 12.0. The average molecular weight is 485 g/mol. The van der Waals surface area contributed by atoms with Crippen molar-refractivity contribution >= 4 is 46.4 Å². The molecular weight excluding hydrogens is 463 g/mol. The van der Waals surface area contributed by atoms with Crippen LogP contribution in [0.15, 0.2) is 66.7 Å². The molecule has 0 spiro atoms. The molecule has 0 radical (unpaired) electrons. The summed E-state index contributed by atoms with van der Waals surface area (Å²) in [7, 11) is 3.90. The molecule has 0 fully saturated rings. The lowest BCUT2D eigenvalue weighted by atomic mass is 10.0. The molecule has 33 heavy (non-hydrogen) atoms. The molecule has 1 heterocycles. The van der Waals surface area contributed by atoms with Crippen molar-refractivity contribution in [3.63, 3.8) is 0 Å². The third-order valence-corrected chi connectivity index (χ3v) is 5.62. The molecule has 2 N–H and O–H groups in total. The van der Waals surface area contributed by atoms with E-state index in [0.717, 1.165) is 11.3 Å². The maximum Gasteiger partial charge on any atom is 0.276 e. The lowest BCUT2D eigenvalue weighted by molar-refractivity contribution is -0.127. The highest BCUT2D eigenvalue weighted by molar-refractivity contribution is 6.31. The van der Waals surface area contributed by atoms with Gasteiger partial charge in [-0.25, -0.2) is 5.01 Å². The van der Waals surface area contributed by atoms with Gasteiger partial charge in [-0.15, -0.1) is 0 Å². The maximum absolute atomic E-state index is 13.3. The smallest absolute Gasteiger partial charge is 0.276 e. The number of carbonyl (C=O) groups is 2. The molecule has 0 aliphatic carbocycles. The largest absolute Gasteiger partial charge is 0.484 e. The first-order valence-electron chi connectivity index (χ1n) is 10.2. The van der Waals surface area contributed by atoms with E-state index in [4.69, 9.17) is 27.9 Å². The Labute approximate surface area is 201 Å². The summed E-state index contributed by atoms with van der Waals surface area (Å²) in [6.07, 6.45) is -0.623. The van der Waals surface area contributed by atoms with Crippen LogP contribution in [-0.4, -0.2) is 37.5 Å². The zero-order chi connectivity index (χ0) is 23.5. The van der Waals surface area contributed by atoms with Gasteiger partial charge in [0.25, 0.3) is 11.8 Å². The van der Waals surface area contributed by atoms with E-state index in [2.05, 4.69) is 10.7 Å². The summed E-state index contributed by atoms with van der Waals surface area (Å²) in [5.74, 6) is -0.376. The van der Waals surface area contributed by atoms with E-state index in [-0.39, 0.29) is 12.5 Å². The van der Waals surface area contributed by atoms with Crippen LogP contribution in [0.4, 0.5) is 11.4 Å². The van der Waals surface area contributed by atoms with Crippen molar-refractivity contribution in [2.45, 2.75) is 6.17 Å². The number of halogens is 2. The van der Waals surface area contributed by atoms with Gasteiger partial charge in [0.1, 0.15) is 11.9 Å². The minimum absolute atomic E-state index is 0.278. The number of fused-ring (bicyclic) bond motifs is 1. The van der Waals surface area contributed by atoms with Gasteiger partial charge in [0.05, 0.1) is 5.56 Å². The number of nitrogens with one attached hydrogen (secondary N) is 2. The van der Waals surface area contributed by atoms with Crippen molar-refractivity contribution in [2.24, 2.45) is 0 Å². The van der Waals surface area contributed by atoms with E-state index in [1.165, 1.54) is 5.01 Å². The molecule has 3 aromatic rings. The number of rotatable bonds is 6. The van der Waals surface area contributed by atoms with Gasteiger partial charge in [-0.1, -0.05) is 35.3 Å². The predicted molar refractivity (Wildman–Crippen MR) is 130 cm³/mol. The van der Waals surface area contributed by atoms with Gasteiger partial charge in [-0.2, -0.15) is 0 Å². The fourth-order valence-corrected chi connectivity index (χ4v) is 3.73. The first-order chi connectivity index (χ1) is 15.8. The highest BCUT2D eigenvalue weighted by atomic mass is 35.5. The highest BCUT2D eigenvalue weighted by Crippen LogP contribution is 2.34. The number of ether oxygens (including phenoxy) is 1. The van der Waals surface area contributed by atoms with Gasteiger partial charge in [0, 0.05) is 35.5 Å². The van der Waals surface area contributed by atoms with Crippen LogP contribution in [-0.2, 0) is 4.79 Å². The normalized spacial score (nSPS) is 14.8. The number of hydrogen-bond acceptors (Lipinski definition) is 5. The van der Waals surface area contributed by atoms with Crippen molar-refractivity contribution < 1.29 is 14.3 Å². The van der Waals surface area contributed by atoms with Gasteiger partial charge in [0.2, 0.25) is 0 Å². The SMILES string of the molecule is CN(C)c1ccc(C2Nc3ccc(Cl)cc3C(=O)N2NC(=O)COc2ccc(Cl)cc2)cc1. The molecule has 0 bridgehead atoms. The number of hydrazine groups is 1. The van der Waals surface area contributed by atoms with Crippen molar-refractivity contribution in [3.05, 3.63) is 87.9 Å². The Morgan fingerprint density at radius 1 is 1.03 bits per heavy atom. The molecule has 0 aromatic heterocycles. The number of hydrogen-bond donors (Lipinski definition) is 2. The summed E-state index contributed by atoms with van der Waals surface area (Å²) in [5.41, 5.74) is 5.48. The summed E-state index contributed by atoms with van der Waals surface area (Å²) in [6.45, 7) is -0.278. The Balaban J connectivity index is 1.57. The second-order valence-corrected chi connectivity index (χ2v) is 8.55. The monoisotopic (exact) mass is 484 g/mol. The van der Waals surface area contributed by atoms with E-state index in [1.807, 2.05) is 43.3 Å². The highest BCUT2D eigenvalue weighted by Gasteiger charge is 2.34. The summed E-state index contributed by atoms with van der Waals surface area (Å²) in [4.78, 5) is 28.0. The molecule has 1 aliphatic heterocycles. The lowest BCUT2D eigenvalue weighted by Crippen LogP contribution is -2.53. The van der Waals surface area contributed by atoms with Crippen LogP contribution in [0.3, 0.4) is 0 Å². The number of amides is 2. The molecule has 9 heteroatoms. The number of carbonyl (C=O) groups excluding carboxylic acids is 2. The Kier molecular flexibility index (Phi) is 6.62. The van der Waals surface area contributed by atoms with Crippen LogP contribution in [0.25, 0.3) is 0 Å². The molecule has 1 aliphatic rings. The van der Waals surface area contributed by atoms with Crippen LogP contribution >= 0.6 is 23.2 Å². The number of benzene rings is 3. The van der Waals surface area contributed by atoms with Crippen LogP contribution in [0, 0.1) is 0 Å². The van der Waals surface area contributed by atoms with Crippen LogP contribution in [0.1, 0.15) is 22.1 Å². The van der Waals surface area contributed by atoms with Gasteiger partial charge in [0.15, 0.2) is 6.61 Å². The first-order valence-corrected chi connectivity index (χ1v) is 10.9. The molecule has 0 saturated heterocycles. The summed E-state index contributed by atoms with van der Waals surface area (Å²) < 4.78 is 5.52. The fourth-order valence-electron chi connectivity index (χ4n) is 3.43. The van der Waals surface area contributed by atoms with E-state index in [0.29, 0.717) is 27.0 Å². The average Bonchev–Trinajstić information content (AvgIpc) is 2.81. The van der Waals surface area contributed by atoms with Crippen molar-refractivity contribution in [1.29, 1.82) is 0 Å². The van der Waals surface area contributed by atoms with E-state index in [1.54, 1.807) is 42.5 Å². The Morgan fingerprint density at radius 2 is 1.70 bits per heavy atom. The Hall–Kier alpha value is -3.42. The van der Waals surface area contributed by atoms with Crippen LogP contribution in [0.5, 0.6) is 5.75 Å². The second-order valence-electron chi connectivity index (χ2n) is 7.68. The topological polar surface area (TPSA) is 73.9 Å². The Bertz CT molecular complexity index is 1170. The minimum Gasteiger partial charge on any atom is -0.484 e. The molecule has 1 atom stereocenters. The van der Waals surface area contributed by atoms with E-state index < -0.39 is 12.1 Å². The van der Waals surface area contributed by atoms with Crippen molar-refractivity contribution in [2.75, 3.05) is 30.9 Å². The van der Waals surface area contributed by atoms with Crippen LogP contribution in [0.2, 0.25) is 10.0 Å². The quantitative estimate of drug-likeness (QED) is 0.528. The summed E-state index contributed by atoms with van der Waals surface area (Å²) in [6, 6.07) is 19.4. The number of anilines is 2. The minimum atomic E-state index is -0.623. The van der Waals surface area contributed by atoms with Gasteiger partial charge in [-0.3, -0.25) is 15.0 Å².